The third kappa shape index (κ3) is 6.65. The molecule has 2 aliphatic rings. The molecule has 0 fully saturated rings. The number of H-pyrrole nitrogens is 1. The summed E-state index contributed by atoms with van der Waals surface area (Å²) in [5.74, 6) is -2.17. The predicted octanol–water partition coefficient (Wildman–Crippen LogP) is 7.33. The van der Waals surface area contributed by atoms with Gasteiger partial charge in [0.25, 0.3) is 0 Å². The van der Waals surface area contributed by atoms with E-state index in [1.54, 1.807) is 18.7 Å². The average Bonchev–Trinajstić information content (AvgIpc) is 3.76. The molecular weight excluding hydrogens is 704 g/mol. The van der Waals surface area contributed by atoms with Crippen molar-refractivity contribution < 1.29 is 33.7 Å². The molecule has 0 saturated carbocycles. The lowest BCUT2D eigenvalue weighted by molar-refractivity contribution is -0.122. The molecule has 4 aromatic rings. The molecule has 2 heterocycles. The first kappa shape index (κ1) is 37.0. The van der Waals surface area contributed by atoms with Crippen molar-refractivity contribution in [1.29, 1.82) is 0 Å². The summed E-state index contributed by atoms with van der Waals surface area (Å²) >= 11 is 8.20. The highest BCUT2D eigenvalue weighted by Crippen LogP contribution is 2.55. The van der Waals surface area contributed by atoms with Gasteiger partial charge in [0, 0.05) is 47.1 Å². The number of fused-ring (bicyclic) bond motifs is 1. The van der Waals surface area contributed by atoms with Crippen LogP contribution in [0.5, 0.6) is 17.2 Å². The van der Waals surface area contributed by atoms with E-state index in [-0.39, 0.29) is 52.2 Å². The first-order valence-corrected chi connectivity index (χ1v) is 18.6. The summed E-state index contributed by atoms with van der Waals surface area (Å²) in [6.07, 6.45) is 2.00. The molecule has 0 saturated heterocycles. The smallest absolute Gasteiger partial charge is 0.231 e. The molecule has 11 nitrogen and oxygen atoms in total. The molecule has 13 heteroatoms. The van der Waals surface area contributed by atoms with Gasteiger partial charge in [-0.05, 0) is 35.9 Å². The number of benzene rings is 3. The molecule has 52 heavy (non-hydrogen) atoms. The lowest BCUT2D eigenvalue weighted by Gasteiger charge is -2.38. The van der Waals surface area contributed by atoms with Crippen molar-refractivity contribution in [3.63, 3.8) is 0 Å². The highest BCUT2D eigenvalue weighted by molar-refractivity contribution is 7.98. The van der Waals surface area contributed by atoms with Crippen molar-refractivity contribution in [3.05, 3.63) is 105 Å². The molecule has 3 aromatic carbocycles. The van der Waals surface area contributed by atoms with Gasteiger partial charge in [-0.1, -0.05) is 74.8 Å². The Bertz CT molecular complexity index is 2030. The lowest BCUT2D eigenvalue weighted by Crippen LogP contribution is -2.53. The summed E-state index contributed by atoms with van der Waals surface area (Å²) in [4.78, 5) is 48.4. The minimum absolute atomic E-state index is 0.00911. The summed E-state index contributed by atoms with van der Waals surface area (Å²) in [7, 11) is 2.82. The predicted molar refractivity (Wildman–Crippen MR) is 198 cm³/mol. The minimum atomic E-state index is -1.99. The molecule has 1 aromatic heterocycles. The number of Topliss-reactive ketones (excluding diaryl/α,β-unsaturated/α-hetero) is 2. The van der Waals surface area contributed by atoms with Gasteiger partial charge in [0.05, 0.1) is 20.3 Å². The Morgan fingerprint density at radius 2 is 1.81 bits per heavy atom. The number of amides is 1. The van der Waals surface area contributed by atoms with E-state index in [1.165, 1.54) is 20.3 Å². The van der Waals surface area contributed by atoms with Crippen LogP contribution in [0.1, 0.15) is 84.6 Å². The van der Waals surface area contributed by atoms with Crippen LogP contribution < -0.4 is 19.5 Å². The first-order valence-electron chi connectivity index (χ1n) is 17.0. The van der Waals surface area contributed by atoms with Crippen LogP contribution in [-0.4, -0.2) is 63.8 Å². The van der Waals surface area contributed by atoms with E-state index >= 15 is 0 Å². The molecule has 1 aliphatic heterocycles. The number of aliphatic hydroxyl groups is 1. The van der Waals surface area contributed by atoms with E-state index in [1.807, 2.05) is 74.7 Å². The van der Waals surface area contributed by atoms with Crippen molar-refractivity contribution in [3.8, 4) is 17.2 Å². The van der Waals surface area contributed by atoms with Crippen LogP contribution in [-0.2, 0) is 16.0 Å². The van der Waals surface area contributed by atoms with Gasteiger partial charge in [0.1, 0.15) is 27.9 Å². The average molecular weight is 745 g/mol. The van der Waals surface area contributed by atoms with Crippen LogP contribution in [0.3, 0.4) is 0 Å². The Kier molecular flexibility index (Phi) is 10.7. The molecular formula is C39H41ClN4O7S. The van der Waals surface area contributed by atoms with Crippen molar-refractivity contribution in [1.82, 2.24) is 20.5 Å². The summed E-state index contributed by atoms with van der Waals surface area (Å²) in [5, 5.41) is 22.8. The monoisotopic (exact) mass is 744 g/mol. The molecule has 4 atom stereocenters. The van der Waals surface area contributed by atoms with Crippen LogP contribution in [0.4, 0.5) is 0 Å². The van der Waals surface area contributed by atoms with Gasteiger partial charge >= 0.3 is 0 Å². The zero-order chi connectivity index (χ0) is 37.3. The maximum atomic E-state index is 14.5. The summed E-state index contributed by atoms with van der Waals surface area (Å²) in [6, 6.07) is 18.0. The third-order valence-electron chi connectivity index (χ3n) is 9.75. The number of nitrogens with one attached hydrogen (secondary N) is 2. The zero-order valence-electron chi connectivity index (χ0n) is 29.8. The third-order valence-corrected chi connectivity index (χ3v) is 10.9. The fourth-order valence-corrected chi connectivity index (χ4v) is 7.64. The summed E-state index contributed by atoms with van der Waals surface area (Å²) in [5.41, 5.74) is -0.453. The van der Waals surface area contributed by atoms with Crippen molar-refractivity contribution in [2.75, 3.05) is 20.5 Å². The SMILES string of the molecule is COc1cc(OC)c2c(c1Cl)O[C@]1(C2=O)C(O)=C(C(CC(=O)NC(Cc2ccccc2)c2nc(C(C)C)n[nH]2)c2ccc(SC)cc2)C(=O)C[C@H]1C. The molecule has 1 spiro atoms. The topological polar surface area (TPSA) is 153 Å². The van der Waals surface area contributed by atoms with E-state index in [9.17, 15) is 19.5 Å². The number of carbonyl (C=O) groups is 3. The Morgan fingerprint density at radius 3 is 2.42 bits per heavy atom. The van der Waals surface area contributed by atoms with Gasteiger partial charge in [-0.15, -0.1) is 11.8 Å². The number of nitrogens with zero attached hydrogens (tertiary/aromatic N) is 2. The molecule has 272 valence electrons. The Morgan fingerprint density at radius 1 is 1.12 bits per heavy atom. The number of hydrogen-bond donors (Lipinski definition) is 3. The van der Waals surface area contributed by atoms with Crippen LogP contribution in [0.15, 0.2) is 76.9 Å². The van der Waals surface area contributed by atoms with E-state index in [0.29, 0.717) is 23.6 Å². The second-order valence-electron chi connectivity index (χ2n) is 13.3. The quantitative estimate of drug-likeness (QED) is 0.126. The van der Waals surface area contributed by atoms with Gasteiger partial charge < -0.3 is 24.6 Å². The van der Waals surface area contributed by atoms with Crippen LogP contribution >= 0.6 is 23.4 Å². The summed E-state index contributed by atoms with van der Waals surface area (Å²) in [6.45, 7) is 5.63. The van der Waals surface area contributed by atoms with E-state index in [0.717, 1.165) is 10.5 Å². The van der Waals surface area contributed by atoms with Gasteiger partial charge in [-0.2, -0.15) is 5.10 Å². The number of aromatic amines is 1. The highest BCUT2D eigenvalue weighted by Gasteiger charge is 2.61. The number of ketones is 2. The van der Waals surface area contributed by atoms with Gasteiger partial charge in [-0.3, -0.25) is 19.5 Å². The number of halogens is 1. The number of hydrogen-bond acceptors (Lipinski definition) is 10. The molecule has 1 aliphatic carbocycles. The van der Waals surface area contributed by atoms with Crippen molar-refractivity contribution in [2.24, 2.45) is 5.92 Å². The second-order valence-corrected chi connectivity index (χ2v) is 14.6. The number of ether oxygens (including phenoxy) is 3. The summed E-state index contributed by atoms with van der Waals surface area (Å²) < 4.78 is 17.3. The first-order chi connectivity index (χ1) is 24.9. The number of methoxy groups -OCH3 is 2. The van der Waals surface area contributed by atoms with Crippen LogP contribution in [0, 0.1) is 5.92 Å². The Balaban J connectivity index is 1.43. The largest absolute Gasteiger partial charge is 0.507 e. The number of carbonyl (C=O) groups excluding carboxylic acids is 3. The number of aliphatic hydroxyl groups excluding tert-OH is 1. The Hall–Kier alpha value is -4.81. The van der Waals surface area contributed by atoms with Gasteiger partial charge in [0.2, 0.25) is 17.3 Å². The normalized spacial score (nSPS) is 19.4. The molecule has 1 amide bonds. The number of thioether (sulfide) groups is 1. The molecule has 6 rings (SSSR count). The van der Waals surface area contributed by atoms with Crippen LogP contribution in [0.2, 0.25) is 5.02 Å². The number of allylic oxidation sites excluding steroid dienone is 1. The van der Waals surface area contributed by atoms with Crippen LogP contribution in [0.25, 0.3) is 0 Å². The van der Waals surface area contributed by atoms with E-state index < -0.39 is 46.7 Å². The van der Waals surface area contributed by atoms with Crippen molar-refractivity contribution in [2.45, 2.75) is 68.4 Å². The molecule has 2 unspecified atom stereocenters. The minimum Gasteiger partial charge on any atom is -0.507 e. The maximum Gasteiger partial charge on any atom is 0.231 e. The molecule has 0 radical (unpaired) electrons. The maximum absolute atomic E-state index is 14.5. The van der Waals surface area contributed by atoms with E-state index in [4.69, 9.17) is 25.8 Å². The highest BCUT2D eigenvalue weighted by atomic mass is 35.5. The Labute approximate surface area is 311 Å². The second kappa shape index (κ2) is 15.0. The number of aromatic nitrogens is 3. The lowest BCUT2D eigenvalue weighted by atomic mass is 9.69. The molecule has 0 bridgehead atoms. The number of rotatable bonds is 12. The fraction of sp³-hybridized carbons (Fsp3) is 0.359. The molecule has 3 N–H and O–H groups in total. The zero-order valence-corrected chi connectivity index (χ0v) is 31.4. The fourth-order valence-electron chi connectivity index (χ4n) is 6.97. The standard InChI is InChI=1S/C39H41ClN4O7S/c1-20(2)37-42-38(44-43-37)26(17-22-10-8-7-9-11-22)41-30(46)18-25(23-12-14-24(52-6)15-13-23)31-27(45)16-21(3)39(35(31)47)36(48)32-28(49-4)19-29(50-5)33(40)34(32)51-39/h7-15,19-21,25-26,47H,16-18H2,1-6H3,(H,41,46)(H,42,43,44)/t21-,25?,26?,39+/m1/s1. The van der Waals surface area contributed by atoms with Crippen molar-refractivity contribution >= 4 is 40.8 Å². The van der Waals surface area contributed by atoms with Gasteiger partial charge in [0.15, 0.2) is 23.1 Å². The van der Waals surface area contributed by atoms with Gasteiger partial charge in [-0.25, -0.2) is 4.98 Å². The van der Waals surface area contributed by atoms with E-state index in [2.05, 4.69) is 20.5 Å².